The van der Waals surface area contributed by atoms with Gasteiger partial charge in [0.2, 0.25) is 0 Å². The van der Waals surface area contributed by atoms with Gasteiger partial charge in [0, 0.05) is 4.83 Å². The molecule has 0 spiro atoms. The lowest BCUT2D eigenvalue weighted by Gasteiger charge is -2.41. The monoisotopic (exact) mass is 506 g/mol. The van der Waals surface area contributed by atoms with Crippen LogP contribution in [-0.2, 0) is 20.5 Å². The molecule has 1 saturated heterocycles. The van der Waals surface area contributed by atoms with Gasteiger partial charge in [0.05, 0.1) is 36.9 Å². The molecule has 6 heteroatoms. The summed E-state index contributed by atoms with van der Waals surface area (Å²) in [5.74, 6) is 0. The van der Waals surface area contributed by atoms with Crippen molar-refractivity contribution >= 4 is 40.2 Å². The molecule has 1 fully saturated rings. The minimum atomic E-state index is -1.76. The average molecular weight is 508 g/mol. The summed E-state index contributed by atoms with van der Waals surface area (Å²) in [5, 5.41) is 0.214. The van der Waals surface area contributed by atoms with E-state index in [4.69, 9.17) is 13.9 Å². The Morgan fingerprint density at radius 3 is 2.38 bits per heavy atom. The van der Waals surface area contributed by atoms with Crippen LogP contribution in [0.1, 0.15) is 32.8 Å². The van der Waals surface area contributed by atoms with Gasteiger partial charge in [-0.05, 0) is 30.1 Å². The number of rotatable bonds is 7. The van der Waals surface area contributed by atoms with Gasteiger partial charge in [-0.2, -0.15) is 0 Å². The Hall–Kier alpha value is 0.277. The zero-order valence-electron chi connectivity index (χ0n) is 16.5. The van der Waals surface area contributed by atoms with E-state index >= 15 is 0 Å². The summed E-state index contributed by atoms with van der Waals surface area (Å²) in [5.41, 5.74) is 1.18. The van der Waals surface area contributed by atoms with Crippen molar-refractivity contribution in [3.63, 3.8) is 0 Å². The maximum atomic E-state index is 6.38. The number of alkyl halides is 2. The second kappa shape index (κ2) is 9.66. The van der Waals surface area contributed by atoms with Crippen LogP contribution in [0.5, 0.6) is 0 Å². The van der Waals surface area contributed by atoms with Crippen molar-refractivity contribution in [2.24, 2.45) is 0 Å². The average Bonchev–Trinajstić information content (AvgIpc) is 2.57. The van der Waals surface area contributed by atoms with E-state index in [1.54, 1.807) is 0 Å². The van der Waals surface area contributed by atoms with Crippen LogP contribution in [0.3, 0.4) is 0 Å². The number of benzene rings is 1. The Labute approximate surface area is 176 Å². The summed E-state index contributed by atoms with van der Waals surface area (Å²) in [6.45, 7) is 13.2. The second-order valence-electron chi connectivity index (χ2n) is 8.56. The topological polar surface area (TPSA) is 27.7 Å². The molecular weight excluding hydrogens is 476 g/mol. The molecule has 1 aliphatic rings. The van der Waals surface area contributed by atoms with E-state index in [2.05, 4.69) is 77.9 Å². The Balaban J connectivity index is 1.85. The van der Waals surface area contributed by atoms with Crippen molar-refractivity contribution in [1.82, 2.24) is 0 Å². The van der Waals surface area contributed by atoms with Gasteiger partial charge in [0.1, 0.15) is 0 Å². The van der Waals surface area contributed by atoms with Crippen molar-refractivity contribution in [1.29, 1.82) is 0 Å². The molecule has 26 heavy (non-hydrogen) atoms. The van der Waals surface area contributed by atoms with E-state index in [9.17, 15) is 0 Å². The highest BCUT2D eigenvalue weighted by Gasteiger charge is 2.40. The third-order valence-electron chi connectivity index (χ3n) is 5.39. The van der Waals surface area contributed by atoms with Gasteiger partial charge in [0.15, 0.2) is 8.32 Å². The minimum Gasteiger partial charge on any atom is -0.414 e. The first-order chi connectivity index (χ1) is 12.1. The van der Waals surface area contributed by atoms with Crippen LogP contribution < -0.4 is 0 Å². The van der Waals surface area contributed by atoms with E-state index in [-0.39, 0.29) is 22.1 Å². The van der Waals surface area contributed by atoms with Gasteiger partial charge in [-0.25, -0.2) is 0 Å². The molecule has 0 aromatic heterocycles. The van der Waals surface area contributed by atoms with Gasteiger partial charge in [-0.3, -0.25) is 0 Å². The normalized spacial score (nSPS) is 27.5. The predicted octanol–water partition coefficient (Wildman–Crippen LogP) is 5.91. The van der Waals surface area contributed by atoms with Gasteiger partial charge in [0.25, 0.3) is 0 Å². The Bertz CT molecular complexity index is 548. The SMILES string of the molecule is CC(C)(C)[Si](C)(C)OC[C@H]1C[C@H](Br)[C@@H](Br)[C@@H](COCc2ccccc2)O1. The molecule has 4 atom stereocenters. The molecular formula is C20H32Br2O3Si. The van der Waals surface area contributed by atoms with Crippen LogP contribution >= 0.6 is 31.9 Å². The van der Waals surface area contributed by atoms with Crippen molar-refractivity contribution < 1.29 is 13.9 Å². The van der Waals surface area contributed by atoms with E-state index in [0.717, 1.165) is 6.42 Å². The first-order valence-electron chi connectivity index (χ1n) is 9.29. The fourth-order valence-corrected chi connectivity index (χ4v) is 4.90. The van der Waals surface area contributed by atoms with Crippen molar-refractivity contribution in [2.45, 2.75) is 73.8 Å². The van der Waals surface area contributed by atoms with E-state index in [1.165, 1.54) is 5.56 Å². The molecule has 0 radical (unpaired) electrons. The van der Waals surface area contributed by atoms with Crippen LogP contribution in [0.25, 0.3) is 0 Å². The molecule has 148 valence electrons. The summed E-state index contributed by atoms with van der Waals surface area (Å²) < 4.78 is 18.6. The summed E-state index contributed by atoms with van der Waals surface area (Å²) in [6, 6.07) is 10.2. The lowest BCUT2D eigenvalue weighted by molar-refractivity contribution is -0.0947. The van der Waals surface area contributed by atoms with Crippen LogP contribution in [0.4, 0.5) is 0 Å². The standard InChI is InChI=1S/C20H32Br2O3Si/c1-20(2,3)26(4,5)24-13-16-11-17(21)19(22)18(25-16)14-23-12-15-9-7-6-8-10-15/h6-10,16-19H,11-14H2,1-5H3/t16-,17+,18-,19-/m1/s1. The number of ether oxygens (including phenoxy) is 2. The molecule has 2 rings (SSSR count). The van der Waals surface area contributed by atoms with Gasteiger partial charge in [-0.15, -0.1) is 0 Å². The van der Waals surface area contributed by atoms with Gasteiger partial charge < -0.3 is 13.9 Å². The molecule has 1 heterocycles. The summed E-state index contributed by atoms with van der Waals surface area (Å²) >= 11 is 7.58. The summed E-state index contributed by atoms with van der Waals surface area (Å²) in [6.07, 6.45) is 1.07. The Morgan fingerprint density at radius 1 is 1.12 bits per heavy atom. The molecule has 1 aromatic carbocycles. The van der Waals surface area contributed by atoms with E-state index in [1.807, 2.05) is 18.2 Å². The Kier molecular flexibility index (Phi) is 8.38. The molecule has 0 bridgehead atoms. The second-order valence-corrected chi connectivity index (χ2v) is 15.6. The third-order valence-corrected chi connectivity index (χ3v) is 12.8. The van der Waals surface area contributed by atoms with Crippen LogP contribution in [0.15, 0.2) is 30.3 Å². The van der Waals surface area contributed by atoms with Crippen LogP contribution in [0, 0.1) is 0 Å². The minimum absolute atomic E-state index is 0.0184. The highest BCUT2D eigenvalue weighted by molar-refractivity contribution is 9.12. The molecule has 0 saturated carbocycles. The fraction of sp³-hybridized carbons (Fsp3) is 0.700. The molecule has 0 amide bonds. The first kappa shape index (κ1) is 22.6. The lowest BCUT2D eigenvalue weighted by atomic mass is 10.0. The maximum Gasteiger partial charge on any atom is 0.192 e. The van der Waals surface area contributed by atoms with E-state index < -0.39 is 8.32 Å². The molecule has 0 aliphatic carbocycles. The highest BCUT2D eigenvalue weighted by atomic mass is 79.9. The van der Waals surface area contributed by atoms with Crippen molar-refractivity contribution in [3.05, 3.63) is 35.9 Å². The molecule has 3 nitrogen and oxygen atoms in total. The van der Waals surface area contributed by atoms with Crippen LogP contribution in [-0.4, -0.2) is 43.4 Å². The van der Waals surface area contributed by atoms with E-state index in [0.29, 0.717) is 24.6 Å². The summed E-state index contributed by atoms with van der Waals surface area (Å²) in [7, 11) is -1.76. The Morgan fingerprint density at radius 2 is 1.77 bits per heavy atom. The quantitative estimate of drug-likeness (QED) is 0.339. The maximum absolute atomic E-state index is 6.38. The summed E-state index contributed by atoms with van der Waals surface area (Å²) in [4.78, 5) is 0.594. The predicted molar refractivity (Wildman–Crippen MR) is 118 cm³/mol. The lowest BCUT2D eigenvalue weighted by Crippen LogP contribution is -2.49. The molecule has 1 aliphatic heterocycles. The van der Waals surface area contributed by atoms with Crippen molar-refractivity contribution in [3.8, 4) is 0 Å². The number of halogens is 2. The van der Waals surface area contributed by atoms with Gasteiger partial charge >= 0.3 is 0 Å². The van der Waals surface area contributed by atoms with Crippen LogP contribution in [0.2, 0.25) is 18.1 Å². The molecule has 0 unspecified atom stereocenters. The first-order valence-corrected chi connectivity index (χ1v) is 14.0. The molecule has 0 N–H and O–H groups in total. The van der Waals surface area contributed by atoms with Gasteiger partial charge in [-0.1, -0.05) is 83.0 Å². The smallest absolute Gasteiger partial charge is 0.192 e. The zero-order valence-corrected chi connectivity index (χ0v) is 20.7. The molecule has 1 aromatic rings. The highest BCUT2D eigenvalue weighted by Crippen LogP contribution is 2.38. The zero-order chi connectivity index (χ0) is 19.4. The largest absolute Gasteiger partial charge is 0.414 e. The third kappa shape index (κ3) is 6.42. The number of hydrogen-bond donors (Lipinski definition) is 0. The number of hydrogen-bond acceptors (Lipinski definition) is 3. The fourth-order valence-electron chi connectivity index (χ4n) is 2.62. The van der Waals surface area contributed by atoms with Crippen molar-refractivity contribution in [2.75, 3.05) is 13.2 Å².